The Balaban J connectivity index is 2.93. The monoisotopic (exact) mass is 190 g/mol. The summed E-state index contributed by atoms with van der Waals surface area (Å²) >= 11 is 0. The lowest BCUT2D eigenvalue weighted by Crippen LogP contribution is -2.18. The van der Waals surface area contributed by atoms with Gasteiger partial charge in [0.15, 0.2) is 0 Å². The summed E-state index contributed by atoms with van der Waals surface area (Å²) in [6.45, 7) is 1.88. The van der Waals surface area contributed by atoms with Gasteiger partial charge in [-0.1, -0.05) is 0 Å². The Morgan fingerprint density at radius 2 is 2.29 bits per heavy atom. The van der Waals surface area contributed by atoms with Crippen LogP contribution in [0.1, 0.15) is 16.1 Å². The molecule has 0 bridgehead atoms. The van der Waals surface area contributed by atoms with Crippen molar-refractivity contribution >= 4 is 17.2 Å². The summed E-state index contributed by atoms with van der Waals surface area (Å²) in [6, 6.07) is 1.70. The normalized spacial score (nSPS) is 10.6. The topological polar surface area (TPSA) is 86.4 Å². The molecule has 0 aliphatic carbocycles. The molecule has 2 rings (SSSR count). The van der Waals surface area contributed by atoms with Crippen LogP contribution in [0.4, 0.5) is 5.69 Å². The van der Waals surface area contributed by atoms with E-state index in [1.165, 1.54) is 0 Å². The van der Waals surface area contributed by atoms with Crippen molar-refractivity contribution in [3.63, 3.8) is 0 Å². The van der Waals surface area contributed by atoms with Crippen LogP contribution in [0.5, 0.6) is 0 Å². The highest BCUT2D eigenvalue weighted by molar-refractivity contribution is 5.97. The second kappa shape index (κ2) is 2.73. The largest absolute Gasteiger partial charge is 0.397 e. The molecule has 0 aromatic carbocycles. The smallest absolute Gasteiger partial charge is 0.267 e. The van der Waals surface area contributed by atoms with E-state index in [0.29, 0.717) is 11.3 Å². The highest BCUT2D eigenvalue weighted by Crippen LogP contribution is 2.17. The molecule has 0 spiro atoms. The number of rotatable bonds is 1. The first-order chi connectivity index (χ1) is 6.61. The SMILES string of the molecule is Cc1cc(N)c(C(N)=O)n2ccnc12. The summed E-state index contributed by atoms with van der Waals surface area (Å²) in [5, 5.41) is 0. The van der Waals surface area contributed by atoms with Crippen LogP contribution in [0.25, 0.3) is 5.65 Å². The van der Waals surface area contributed by atoms with Crippen LogP contribution in [-0.2, 0) is 0 Å². The van der Waals surface area contributed by atoms with Gasteiger partial charge in [0.05, 0.1) is 5.69 Å². The number of hydrogen-bond acceptors (Lipinski definition) is 3. The van der Waals surface area contributed by atoms with E-state index in [2.05, 4.69) is 4.98 Å². The Kier molecular flexibility index (Phi) is 1.67. The molecule has 2 aromatic heterocycles. The fraction of sp³-hybridized carbons (Fsp3) is 0.111. The number of anilines is 1. The average molecular weight is 190 g/mol. The zero-order chi connectivity index (χ0) is 10.3. The Bertz CT molecular complexity index is 515. The quantitative estimate of drug-likeness (QED) is 0.679. The third-order valence-corrected chi connectivity index (χ3v) is 2.11. The number of imidazole rings is 1. The summed E-state index contributed by atoms with van der Waals surface area (Å²) in [4.78, 5) is 15.2. The van der Waals surface area contributed by atoms with Gasteiger partial charge in [0, 0.05) is 12.4 Å². The summed E-state index contributed by atoms with van der Waals surface area (Å²) in [6.07, 6.45) is 3.27. The number of nitrogens with two attached hydrogens (primary N) is 2. The fourth-order valence-corrected chi connectivity index (χ4v) is 1.54. The predicted molar refractivity (Wildman–Crippen MR) is 52.9 cm³/mol. The second-order valence-corrected chi connectivity index (χ2v) is 3.12. The maximum absolute atomic E-state index is 11.1. The Morgan fingerprint density at radius 1 is 1.57 bits per heavy atom. The average Bonchev–Trinajstić information content (AvgIpc) is 2.51. The van der Waals surface area contributed by atoms with E-state index in [1.54, 1.807) is 22.9 Å². The van der Waals surface area contributed by atoms with Gasteiger partial charge in [0.1, 0.15) is 11.3 Å². The van der Waals surface area contributed by atoms with Crippen LogP contribution in [-0.4, -0.2) is 15.3 Å². The maximum Gasteiger partial charge on any atom is 0.267 e. The lowest BCUT2D eigenvalue weighted by molar-refractivity contribution is 0.0995. The molecule has 0 unspecified atom stereocenters. The van der Waals surface area contributed by atoms with E-state index in [4.69, 9.17) is 11.5 Å². The van der Waals surface area contributed by atoms with Crippen molar-refractivity contribution in [2.45, 2.75) is 6.92 Å². The van der Waals surface area contributed by atoms with Crippen LogP contribution in [0.15, 0.2) is 18.5 Å². The van der Waals surface area contributed by atoms with Gasteiger partial charge < -0.3 is 11.5 Å². The number of nitrogens with zero attached hydrogens (tertiary/aromatic N) is 2. The Hall–Kier alpha value is -2.04. The molecular formula is C9H10N4O. The number of primary amides is 1. The maximum atomic E-state index is 11.1. The molecule has 0 radical (unpaired) electrons. The van der Waals surface area contributed by atoms with Crippen molar-refractivity contribution in [1.29, 1.82) is 0 Å². The Labute approximate surface area is 80.3 Å². The summed E-state index contributed by atoms with van der Waals surface area (Å²) < 4.78 is 1.60. The van der Waals surface area contributed by atoms with Crippen molar-refractivity contribution in [3.05, 3.63) is 29.7 Å². The first-order valence-corrected chi connectivity index (χ1v) is 4.13. The van der Waals surface area contributed by atoms with Crippen molar-refractivity contribution in [1.82, 2.24) is 9.38 Å². The lowest BCUT2D eigenvalue weighted by atomic mass is 10.2. The first kappa shape index (κ1) is 8.55. The molecule has 0 aliphatic rings. The standard InChI is InChI=1S/C9H10N4O/c1-5-4-6(10)7(8(11)14)13-3-2-12-9(5)13/h2-4H,10H2,1H3,(H2,11,14). The van der Waals surface area contributed by atoms with Gasteiger partial charge in [-0.15, -0.1) is 0 Å². The van der Waals surface area contributed by atoms with Crippen LogP contribution in [0.2, 0.25) is 0 Å². The molecule has 0 saturated carbocycles. The van der Waals surface area contributed by atoms with Crippen molar-refractivity contribution in [2.24, 2.45) is 5.73 Å². The zero-order valence-corrected chi connectivity index (χ0v) is 7.69. The molecular weight excluding hydrogens is 180 g/mol. The highest BCUT2D eigenvalue weighted by atomic mass is 16.1. The van der Waals surface area contributed by atoms with E-state index < -0.39 is 5.91 Å². The van der Waals surface area contributed by atoms with E-state index >= 15 is 0 Å². The second-order valence-electron chi connectivity index (χ2n) is 3.12. The third kappa shape index (κ3) is 1.02. The van der Waals surface area contributed by atoms with Gasteiger partial charge >= 0.3 is 0 Å². The van der Waals surface area contributed by atoms with Crippen LogP contribution >= 0.6 is 0 Å². The molecule has 1 amide bonds. The summed E-state index contributed by atoms with van der Waals surface area (Å²) in [5.74, 6) is -0.550. The zero-order valence-electron chi connectivity index (χ0n) is 7.69. The van der Waals surface area contributed by atoms with E-state index in [-0.39, 0.29) is 5.69 Å². The molecule has 14 heavy (non-hydrogen) atoms. The molecule has 4 N–H and O–H groups in total. The van der Waals surface area contributed by atoms with Gasteiger partial charge in [-0.2, -0.15) is 0 Å². The van der Waals surface area contributed by atoms with Gasteiger partial charge in [-0.25, -0.2) is 4.98 Å². The minimum atomic E-state index is -0.550. The molecule has 0 saturated heterocycles. The predicted octanol–water partition coefficient (Wildman–Crippen LogP) is 0.324. The third-order valence-electron chi connectivity index (χ3n) is 2.11. The number of pyridine rings is 1. The molecule has 2 aromatic rings. The minimum absolute atomic E-state index is 0.281. The highest BCUT2D eigenvalue weighted by Gasteiger charge is 2.12. The lowest BCUT2D eigenvalue weighted by Gasteiger charge is -2.07. The molecule has 0 fully saturated rings. The van der Waals surface area contributed by atoms with Gasteiger partial charge in [-0.3, -0.25) is 9.20 Å². The molecule has 0 aliphatic heterocycles. The minimum Gasteiger partial charge on any atom is -0.397 e. The van der Waals surface area contributed by atoms with Crippen molar-refractivity contribution < 1.29 is 4.79 Å². The number of aryl methyl sites for hydroxylation is 1. The van der Waals surface area contributed by atoms with Gasteiger partial charge in [0.2, 0.25) is 0 Å². The van der Waals surface area contributed by atoms with Crippen molar-refractivity contribution in [3.8, 4) is 0 Å². The van der Waals surface area contributed by atoms with Crippen LogP contribution in [0.3, 0.4) is 0 Å². The van der Waals surface area contributed by atoms with Gasteiger partial charge in [-0.05, 0) is 18.6 Å². The number of hydrogen-bond donors (Lipinski definition) is 2. The number of aromatic nitrogens is 2. The molecule has 2 heterocycles. The van der Waals surface area contributed by atoms with Crippen molar-refractivity contribution in [2.75, 3.05) is 5.73 Å². The molecule has 5 nitrogen and oxygen atoms in total. The number of fused-ring (bicyclic) bond motifs is 1. The Morgan fingerprint density at radius 3 is 2.93 bits per heavy atom. The molecule has 0 atom stereocenters. The number of amides is 1. The van der Waals surface area contributed by atoms with Crippen LogP contribution in [0, 0.1) is 6.92 Å². The fourth-order valence-electron chi connectivity index (χ4n) is 1.54. The number of carbonyl (C=O) groups is 1. The summed E-state index contributed by atoms with van der Waals surface area (Å²) in [5.41, 5.74) is 13.2. The van der Waals surface area contributed by atoms with Gasteiger partial charge in [0.25, 0.3) is 5.91 Å². The van der Waals surface area contributed by atoms with E-state index in [9.17, 15) is 4.79 Å². The number of carbonyl (C=O) groups excluding carboxylic acids is 1. The number of nitrogen functional groups attached to an aromatic ring is 1. The van der Waals surface area contributed by atoms with E-state index in [0.717, 1.165) is 5.56 Å². The molecule has 72 valence electrons. The van der Waals surface area contributed by atoms with E-state index in [1.807, 2.05) is 6.92 Å². The molecule has 5 heteroatoms. The first-order valence-electron chi connectivity index (χ1n) is 4.13. The summed E-state index contributed by atoms with van der Waals surface area (Å²) in [7, 11) is 0. The van der Waals surface area contributed by atoms with Crippen LogP contribution < -0.4 is 11.5 Å².